The van der Waals surface area contributed by atoms with Crippen LogP contribution in [0.4, 0.5) is 11.4 Å². The maximum Gasteiger partial charge on any atom is 0.338 e. The Balaban J connectivity index is 2.07. The van der Waals surface area contributed by atoms with E-state index in [0.29, 0.717) is 41.5 Å². The SMILES string of the molecule is CCCOC(=O)c1cccc(NC(=O)c2ccc(OCCC)c(N)c2)c1. The van der Waals surface area contributed by atoms with Gasteiger partial charge in [-0.05, 0) is 49.2 Å². The van der Waals surface area contributed by atoms with Crippen molar-refractivity contribution in [2.75, 3.05) is 24.3 Å². The van der Waals surface area contributed by atoms with Crippen molar-refractivity contribution in [1.29, 1.82) is 0 Å². The van der Waals surface area contributed by atoms with Gasteiger partial charge in [0.2, 0.25) is 0 Å². The molecule has 1 amide bonds. The zero-order valence-corrected chi connectivity index (χ0v) is 15.1. The maximum atomic E-state index is 12.4. The van der Waals surface area contributed by atoms with Crippen molar-refractivity contribution in [2.24, 2.45) is 0 Å². The number of carbonyl (C=O) groups is 2. The molecule has 6 heteroatoms. The highest BCUT2D eigenvalue weighted by Crippen LogP contribution is 2.23. The number of nitrogens with two attached hydrogens (primary N) is 1. The average molecular weight is 356 g/mol. The number of benzene rings is 2. The summed E-state index contributed by atoms with van der Waals surface area (Å²) in [7, 11) is 0. The molecule has 0 unspecified atom stereocenters. The fourth-order valence-corrected chi connectivity index (χ4v) is 2.24. The number of hydrogen-bond donors (Lipinski definition) is 2. The molecule has 0 aromatic heterocycles. The molecule has 3 N–H and O–H groups in total. The molecular weight excluding hydrogens is 332 g/mol. The van der Waals surface area contributed by atoms with Crippen molar-refractivity contribution in [3.05, 3.63) is 53.6 Å². The summed E-state index contributed by atoms with van der Waals surface area (Å²) in [5.74, 6) is -0.175. The van der Waals surface area contributed by atoms with Crippen LogP contribution in [0, 0.1) is 0 Å². The summed E-state index contributed by atoms with van der Waals surface area (Å²) < 4.78 is 10.6. The Morgan fingerprint density at radius 1 is 1.00 bits per heavy atom. The molecule has 0 atom stereocenters. The molecule has 0 saturated carbocycles. The molecule has 0 saturated heterocycles. The van der Waals surface area contributed by atoms with Crippen molar-refractivity contribution < 1.29 is 19.1 Å². The van der Waals surface area contributed by atoms with E-state index in [1.165, 1.54) is 0 Å². The van der Waals surface area contributed by atoms with Gasteiger partial charge in [0, 0.05) is 11.3 Å². The standard InChI is InChI=1S/C20H24N2O4/c1-3-10-25-18-9-8-14(13-17(18)21)19(23)22-16-7-5-6-15(12-16)20(24)26-11-4-2/h5-9,12-13H,3-4,10-11,21H2,1-2H3,(H,22,23). The van der Waals surface area contributed by atoms with Gasteiger partial charge in [0.25, 0.3) is 5.91 Å². The van der Waals surface area contributed by atoms with E-state index >= 15 is 0 Å². The molecule has 26 heavy (non-hydrogen) atoms. The van der Waals surface area contributed by atoms with Crippen LogP contribution < -0.4 is 15.8 Å². The zero-order chi connectivity index (χ0) is 18.9. The number of amides is 1. The Hall–Kier alpha value is -3.02. The van der Waals surface area contributed by atoms with Crippen molar-refractivity contribution in [1.82, 2.24) is 0 Å². The first kappa shape index (κ1) is 19.3. The molecule has 0 fully saturated rings. The molecule has 0 radical (unpaired) electrons. The third-order valence-electron chi connectivity index (χ3n) is 3.53. The summed E-state index contributed by atoms with van der Waals surface area (Å²) in [6.07, 6.45) is 1.63. The highest BCUT2D eigenvalue weighted by Gasteiger charge is 2.12. The Morgan fingerprint density at radius 2 is 1.77 bits per heavy atom. The van der Waals surface area contributed by atoms with Crippen LogP contribution in [0.3, 0.4) is 0 Å². The number of hydrogen-bond acceptors (Lipinski definition) is 5. The highest BCUT2D eigenvalue weighted by atomic mass is 16.5. The Bertz CT molecular complexity index is 774. The fraction of sp³-hybridized carbons (Fsp3) is 0.300. The number of nitrogens with one attached hydrogen (secondary N) is 1. The van der Waals surface area contributed by atoms with E-state index in [4.69, 9.17) is 15.2 Å². The van der Waals surface area contributed by atoms with E-state index in [0.717, 1.165) is 12.8 Å². The van der Waals surface area contributed by atoms with E-state index < -0.39 is 5.97 Å². The van der Waals surface area contributed by atoms with Crippen LogP contribution in [0.2, 0.25) is 0 Å². The lowest BCUT2D eigenvalue weighted by atomic mass is 10.1. The van der Waals surface area contributed by atoms with Gasteiger partial charge in [0.05, 0.1) is 24.5 Å². The highest BCUT2D eigenvalue weighted by molar-refractivity contribution is 6.05. The summed E-state index contributed by atoms with van der Waals surface area (Å²) >= 11 is 0. The number of ether oxygens (including phenoxy) is 2. The average Bonchev–Trinajstić information content (AvgIpc) is 2.65. The molecule has 2 rings (SSSR count). The van der Waals surface area contributed by atoms with Crippen LogP contribution in [0.1, 0.15) is 47.4 Å². The zero-order valence-electron chi connectivity index (χ0n) is 15.1. The largest absolute Gasteiger partial charge is 0.491 e. The molecule has 2 aromatic carbocycles. The maximum absolute atomic E-state index is 12.4. The van der Waals surface area contributed by atoms with E-state index in [1.807, 2.05) is 13.8 Å². The third-order valence-corrected chi connectivity index (χ3v) is 3.53. The molecule has 6 nitrogen and oxygen atoms in total. The molecule has 0 bridgehead atoms. The summed E-state index contributed by atoms with van der Waals surface area (Å²) in [6.45, 7) is 4.86. The van der Waals surface area contributed by atoms with Gasteiger partial charge in [-0.1, -0.05) is 19.9 Å². The van der Waals surface area contributed by atoms with Gasteiger partial charge >= 0.3 is 5.97 Å². The smallest absolute Gasteiger partial charge is 0.338 e. The summed E-state index contributed by atoms with van der Waals surface area (Å²) in [5, 5.41) is 2.76. The van der Waals surface area contributed by atoms with Gasteiger partial charge in [-0.15, -0.1) is 0 Å². The molecule has 0 aliphatic heterocycles. The van der Waals surface area contributed by atoms with Crippen molar-refractivity contribution in [3.63, 3.8) is 0 Å². The molecule has 0 spiro atoms. The van der Waals surface area contributed by atoms with Crippen molar-refractivity contribution >= 4 is 23.3 Å². The second kappa shape index (κ2) is 9.46. The van der Waals surface area contributed by atoms with Crippen LogP contribution in [0.15, 0.2) is 42.5 Å². The number of rotatable bonds is 8. The molecular formula is C20H24N2O4. The second-order valence-electron chi connectivity index (χ2n) is 5.77. The second-order valence-corrected chi connectivity index (χ2v) is 5.77. The Kier molecular flexibility index (Phi) is 7.02. The Labute approximate surface area is 153 Å². The lowest BCUT2D eigenvalue weighted by Gasteiger charge is -2.11. The quantitative estimate of drug-likeness (QED) is 0.553. The first-order chi connectivity index (χ1) is 12.5. The van der Waals surface area contributed by atoms with Gasteiger partial charge in [-0.25, -0.2) is 4.79 Å². The minimum atomic E-state index is -0.412. The number of esters is 1. The molecule has 0 heterocycles. The van der Waals surface area contributed by atoms with Gasteiger partial charge in [-0.2, -0.15) is 0 Å². The fourth-order valence-electron chi connectivity index (χ4n) is 2.24. The van der Waals surface area contributed by atoms with Crippen molar-refractivity contribution in [3.8, 4) is 5.75 Å². The first-order valence-electron chi connectivity index (χ1n) is 8.66. The van der Waals surface area contributed by atoms with Crippen LogP contribution in [0.5, 0.6) is 5.75 Å². The number of carbonyl (C=O) groups excluding carboxylic acids is 2. The third kappa shape index (κ3) is 5.24. The molecule has 2 aromatic rings. The van der Waals surface area contributed by atoms with E-state index in [2.05, 4.69) is 5.32 Å². The van der Waals surface area contributed by atoms with Crippen LogP contribution in [0.25, 0.3) is 0 Å². The molecule has 0 aliphatic carbocycles. The van der Waals surface area contributed by atoms with Crippen molar-refractivity contribution in [2.45, 2.75) is 26.7 Å². The normalized spacial score (nSPS) is 10.2. The lowest BCUT2D eigenvalue weighted by Crippen LogP contribution is -2.13. The van der Waals surface area contributed by atoms with Gasteiger partial charge in [-0.3, -0.25) is 4.79 Å². The molecule has 138 valence electrons. The molecule has 0 aliphatic rings. The van der Waals surface area contributed by atoms with Crippen LogP contribution >= 0.6 is 0 Å². The monoisotopic (exact) mass is 356 g/mol. The summed E-state index contributed by atoms with van der Waals surface area (Å²) in [5.41, 5.74) is 7.64. The summed E-state index contributed by atoms with van der Waals surface area (Å²) in [6, 6.07) is 11.5. The van der Waals surface area contributed by atoms with Crippen LogP contribution in [-0.2, 0) is 4.74 Å². The van der Waals surface area contributed by atoms with E-state index in [9.17, 15) is 9.59 Å². The van der Waals surface area contributed by atoms with Gasteiger partial charge < -0.3 is 20.5 Å². The van der Waals surface area contributed by atoms with Gasteiger partial charge in [0.15, 0.2) is 0 Å². The lowest BCUT2D eigenvalue weighted by molar-refractivity contribution is 0.0505. The summed E-state index contributed by atoms with van der Waals surface area (Å²) in [4.78, 5) is 24.3. The number of anilines is 2. The van der Waals surface area contributed by atoms with Crippen LogP contribution in [-0.4, -0.2) is 25.1 Å². The first-order valence-corrected chi connectivity index (χ1v) is 8.66. The predicted molar refractivity (Wildman–Crippen MR) is 102 cm³/mol. The van der Waals surface area contributed by atoms with E-state index in [-0.39, 0.29) is 5.91 Å². The minimum absolute atomic E-state index is 0.321. The Morgan fingerprint density at radius 3 is 2.46 bits per heavy atom. The van der Waals surface area contributed by atoms with Gasteiger partial charge in [0.1, 0.15) is 5.75 Å². The van der Waals surface area contributed by atoms with E-state index in [1.54, 1.807) is 42.5 Å². The minimum Gasteiger partial charge on any atom is -0.491 e. The number of nitrogen functional groups attached to an aromatic ring is 1. The topological polar surface area (TPSA) is 90.6 Å². The predicted octanol–water partition coefficient (Wildman–Crippen LogP) is 3.88.